The largest absolute Gasteiger partial charge is 0.396 e. The van der Waals surface area contributed by atoms with Crippen LogP contribution in [0.1, 0.15) is 37.7 Å². The topological polar surface area (TPSA) is 23.5 Å². The summed E-state index contributed by atoms with van der Waals surface area (Å²) >= 11 is 11.7. The summed E-state index contributed by atoms with van der Waals surface area (Å²) in [5.41, 5.74) is 2.58. The maximum atomic E-state index is 8.73. The number of unbranched alkanes of at least 4 members (excludes halogenated alkanes) is 4. The molecule has 0 aliphatic heterocycles. The zero-order valence-corrected chi connectivity index (χ0v) is 14.2. The van der Waals surface area contributed by atoms with Gasteiger partial charge < -0.3 is 10.0 Å². The summed E-state index contributed by atoms with van der Waals surface area (Å²) in [7, 11) is 0. The summed E-state index contributed by atoms with van der Waals surface area (Å²) in [6, 6.07) is 8.75. The SMILES string of the molecule is OCCCCCCCc1ccc(N(CCCl)CCCl)cc1. The number of hydrogen-bond acceptors (Lipinski definition) is 2. The summed E-state index contributed by atoms with van der Waals surface area (Å²) in [4.78, 5) is 2.22. The quantitative estimate of drug-likeness (QED) is 0.451. The van der Waals surface area contributed by atoms with E-state index < -0.39 is 0 Å². The van der Waals surface area contributed by atoms with E-state index in [1.807, 2.05) is 0 Å². The van der Waals surface area contributed by atoms with Gasteiger partial charge in [-0.05, 0) is 37.0 Å². The Morgan fingerprint density at radius 1 is 0.810 bits per heavy atom. The molecule has 0 radical (unpaired) electrons. The van der Waals surface area contributed by atoms with Crippen molar-refractivity contribution in [3.05, 3.63) is 29.8 Å². The molecule has 1 aromatic carbocycles. The van der Waals surface area contributed by atoms with Crippen molar-refractivity contribution in [2.75, 3.05) is 36.4 Å². The van der Waals surface area contributed by atoms with E-state index in [2.05, 4.69) is 29.2 Å². The van der Waals surface area contributed by atoms with Crippen LogP contribution in [-0.4, -0.2) is 36.6 Å². The van der Waals surface area contributed by atoms with Crippen molar-refractivity contribution in [3.8, 4) is 0 Å². The summed E-state index contributed by atoms with van der Waals surface area (Å²) in [5, 5.41) is 8.73. The van der Waals surface area contributed by atoms with Crippen LogP contribution in [0.4, 0.5) is 5.69 Å². The Kier molecular flexibility index (Phi) is 10.8. The first-order valence-electron chi connectivity index (χ1n) is 7.88. The van der Waals surface area contributed by atoms with E-state index in [-0.39, 0.29) is 0 Å². The molecular weight excluding hydrogens is 305 g/mol. The van der Waals surface area contributed by atoms with E-state index in [9.17, 15) is 0 Å². The Hall–Kier alpha value is -0.440. The fourth-order valence-electron chi connectivity index (χ4n) is 2.42. The van der Waals surface area contributed by atoms with Gasteiger partial charge in [0.05, 0.1) is 0 Å². The molecule has 0 fully saturated rings. The zero-order chi connectivity index (χ0) is 15.3. The molecule has 0 heterocycles. The Balaban J connectivity index is 2.35. The predicted octanol–water partition coefficient (Wildman–Crippen LogP) is 4.46. The molecule has 4 heteroatoms. The summed E-state index contributed by atoms with van der Waals surface area (Å²) in [6.07, 6.45) is 6.89. The molecule has 0 bridgehead atoms. The minimum Gasteiger partial charge on any atom is -0.396 e. The molecule has 0 aliphatic carbocycles. The van der Waals surface area contributed by atoms with Crippen molar-refractivity contribution in [1.82, 2.24) is 0 Å². The van der Waals surface area contributed by atoms with Gasteiger partial charge in [0.2, 0.25) is 0 Å². The smallest absolute Gasteiger partial charge is 0.0431 e. The first kappa shape index (κ1) is 18.6. The van der Waals surface area contributed by atoms with Gasteiger partial charge in [0.25, 0.3) is 0 Å². The highest BCUT2D eigenvalue weighted by atomic mass is 35.5. The molecule has 0 aliphatic rings. The van der Waals surface area contributed by atoms with Gasteiger partial charge in [-0.25, -0.2) is 0 Å². The second-order valence-electron chi connectivity index (χ2n) is 5.27. The Labute approximate surface area is 139 Å². The highest BCUT2D eigenvalue weighted by molar-refractivity contribution is 6.18. The fourth-order valence-corrected chi connectivity index (χ4v) is 2.83. The molecular formula is C17H27Cl2NO. The van der Waals surface area contributed by atoms with Gasteiger partial charge in [-0.3, -0.25) is 0 Å². The third-order valence-corrected chi connectivity index (χ3v) is 3.97. The number of aliphatic hydroxyl groups excluding tert-OH is 1. The lowest BCUT2D eigenvalue weighted by atomic mass is 10.0. The van der Waals surface area contributed by atoms with Gasteiger partial charge in [0.1, 0.15) is 0 Å². The van der Waals surface area contributed by atoms with Crippen LogP contribution in [0.3, 0.4) is 0 Å². The molecule has 21 heavy (non-hydrogen) atoms. The lowest BCUT2D eigenvalue weighted by Gasteiger charge is -2.23. The number of benzene rings is 1. The lowest BCUT2D eigenvalue weighted by molar-refractivity contribution is 0.282. The van der Waals surface area contributed by atoms with Crippen LogP contribution in [0, 0.1) is 0 Å². The molecule has 1 N–H and O–H groups in total. The third-order valence-electron chi connectivity index (χ3n) is 3.63. The zero-order valence-electron chi connectivity index (χ0n) is 12.7. The van der Waals surface area contributed by atoms with Gasteiger partial charge in [0, 0.05) is 37.1 Å². The third kappa shape index (κ3) is 7.94. The van der Waals surface area contributed by atoms with Crippen molar-refractivity contribution < 1.29 is 5.11 Å². The second kappa shape index (κ2) is 12.1. The van der Waals surface area contributed by atoms with Crippen molar-refractivity contribution in [1.29, 1.82) is 0 Å². The molecule has 120 valence electrons. The molecule has 0 atom stereocenters. The van der Waals surface area contributed by atoms with E-state index in [0.29, 0.717) is 18.4 Å². The Morgan fingerprint density at radius 2 is 1.38 bits per heavy atom. The average molecular weight is 332 g/mol. The van der Waals surface area contributed by atoms with Crippen LogP contribution in [-0.2, 0) is 6.42 Å². The predicted molar refractivity (Wildman–Crippen MR) is 94.0 cm³/mol. The first-order chi connectivity index (χ1) is 10.3. The molecule has 0 saturated carbocycles. The fraction of sp³-hybridized carbons (Fsp3) is 0.647. The molecule has 2 nitrogen and oxygen atoms in total. The van der Waals surface area contributed by atoms with Crippen LogP contribution in [0.25, 0.3) is 0 Å². The van der Waals surface area contributed by atoms with Crippen LogP contribution in [0.15, 0.2) is 24.3 Å². The van der Waals surface area contributed by atoms with Gasteiger partial charge >= 0.3 is 0 Å². The van der Waals surface area contributed by atoms with E-state index in [4.69, 9.17) is 28.3 Å². The standard InChI is InChI=1S/C17H27Cl2NO/c18-11-13-20(14-12-19)17-9-7-16(8-10-17)6-4-2-1-3-5-15-21/h7-10,21H,1-6,11-15H2. The number of halogens is 2. The number of hydrogen-bond donors (Lipinski definition) is 1. The van der Waals surface area contributed by atoms with Crippen molar-refractivity contribution in [2.24, 2.45) is 0 Å². The maximum Gasteiger partial charge on any atom is 0.0431 e. The van der Waals surface area contributed by atoms with Crippen LogP contribution in [0.2, 0.25) is 0 Å². The molecule has 0 amide bonds. The van der Waals surface area contributed by atoms with Gasteiger partial charge in [-0.1, -0.05) is 31.4 Å². The first-order valence-corrected chi connectivity index (χ1v) is 8.95. The Morgan fingerprint density at radius 3 is 1.95 bits per heavy atom. The van der Waals surface area contributed by atoms with Crippen molar-refractivity contribution in [2.45, 2.75) is 38.5 Å². The minimum atomic E-state index is 0.322. The summed E-state index contributed by atoms with van der Waals surface area (Å²) < 4.78 is 0. The van der Waals surface area contributed by atoms with Crippen molar-refractivity contribution >= 4 is 28.9 Å². The lowest BCUT2D eigenvalue weighted by Crippen LogP contribution is -2.27. The van der Waals surface area contributed by atoms with E-state index in [1.165, 1.54) is 30.5 Å². The van der Waals surface area contributed by atoms with Crippen LogP contribution in [0.5, 0.6) is 0 Å². The monoisotopic (exact) mass is 331 g/mol. The highest BCUT2D eigenvalue weighted by Crippen LogP contribution is 2.17. The molecule has 1 rings (SSSR count). The van der Waals surface area contributed by atoms with Gasteiger partial charge in [-0.2, -0.15) is 0 Å². The molecule has 0 spiro atoms. The Bertz CT molecular complexity index is 350. The van der Waals surface area contributed by atoms with E-state index in [1.54, 1.807) is 0 Å². The average Bonchev–Trinajstić information content (AvgIpc) is 2.51. The van der Waals surface area contributed by atoms with Crippen molar-refractivity contribution in [3.63, 3.8) is 0 Å². The summed E-state index contributed by atoms with van der Waals surface area (Å²) in [5.74, 6) is 1.24. The molecule has 0 unspecified atom stereocenters. The van der Waals surface area contributed by atoms with Gasteiger partial charge in [-0.15, -0.1) is 23.2 Å². The number of aryl methyl sites for hydroxylation is 1. The normalized spacial score (nSPS) is 10.8. The number of aliphatic hydroxyl groups is 1. The van der Waals surface area contributed by atoms with Crippen LogP contribution < -0.4 is 4.90 Å². The van der Waals surface area contributed by atoms with Gasteiger partial charge in [0.15, 0.2) is 0 Å². The maximum absolute atomic E-state index is 8.73. The highest BCUT2D eigenvalue weighted by Gasteiger charge is 2.05. The number of alkyl halides is 2. The van der Waals surface area contributed by atoms with Crippen LogP contribution >= 0.6 is 23.2 Å². The number of rotatable bonds is 12. The second-order valence-corrected chi connectivity index (χ2v) is 6.03. The molecule has 0 saturated heterocycles. The number of nitrogens with zero attached hydrogens (tertiary/aromatic N) is 1. The minimum absolute atomic E-state index is 0.322. The number of anilines is 1. The summed E-state index contributed by atoms with van der Waals surface area (Å²) in [6.45, 7) is 1.99. The van der Waals surface area contributed by atoms with E-state index in [0.717, 1.165) is 32.4 Å². The van der Waals surface area contributed by atoms with E-state index >= 15 is 0 Å². The molecule has 1 aromatic rings. The molecule has 0 aromatic heterocycles.